The molecule has 0 bridgehead atoms. The van der Waals surface area contributed by atoms with Crippen LogP contribution in [0.3, 0.4) is 0 Å². The Morgan fingerprint density at radius 2 is 2.50 bits per heavy atom. The molecule has 1 aromatic heterocycles. The fraction of sp³-hybridized carbons (Fsp3) is 0.500. The quantitative estimate of drug-likeness (QED) is 0.562. The molecular formula is C6H9NS. The van der Waals surface area contributed by atoms with E-state index in [0.29, 0.717) is 0 Å². The van der Waals surface area contributed by atoms with Crippen LogP contribution in [0, 0.1) is 6.92 Å². The summed E-state index contributed by atoms with van der Waals surface area (Å²) in [5.41, 5.74) is 1.15. The van der Waals surface area contributed by atoms with E-state index in [0.717, 1.165) is 12.1 Å². The van der Waals surface area contributed by atoms with E-state index in [-0.39, 0.29) is 0 Å². The van der Waals surface area contributed by atoms with E-state index in [1.54, 1.807) is 11.3 Å². The van der Waals surface area contributed by atoms with Gasteiger partial charge in [0.25, 0.3) is 0 Å². The Labute approximate surface area is 53.4 Å². The maximum Gasteiger partial charge on any atom is 0.0925 e. The molecule has 1 heterocycles. The van der Waals surface area contributed by atoms with Crippen molar-refractivity contribution in [3.8, 4) is 0 Å². The average molecular weight is 127 g/mol. The van der Waals surface area contributed by atoms with Crippen LogP contribution in [-0.2, 0) is 6.42 Å². The number of aryl methyl sites for hydroxylation is 2. The monoisotopic (exact) mass is 127 g/mol. The van der Waals surface area contributed by atoms with Gasteiger partial charge < -0.3 is 0 Å². The maximum absolute atomic E-state index is 4.25. The first kappa shape index (κ1) is 5.76. The Bertz CT molecular complexity index is 169. The van der Waals surface area contributed by atoms with Gasteiger partial charge in [0.1, 0.15) is 0 Å². The highest BCUT2D eigenvalue weighted by atomic mass is 32.1. The van der Waals surface area contributed by atoms with Crippen molar-refractivity contribution in [2.24, 2.45) is 0 Å². The van der Waals surface area contributed by atoms with Crippen molar-refractivity contribution in [2.45, 2.75) is 20.3 Å². The third-order valence-corrected chi connectivity index (χ3v) is 2.08. The standard InChI is InChI=1S/C6H9NS/c1-3-6-7-5(2)4-8-6/h4H,3H2,1-2H3. The van der Waals surface area contributed by atoms with Crippen LogP contribution in [0.1, 0.15) is 17.6 Å². The van der Waals surface area contributed by atoms with E-state index in [2.05, 4.69) is 17.3 Å². The molecule has 1 aromatic rings. The largest absolute Gasteiger partial charge is 0.247 e. The molecule has 0 aliphatic heterocycles. The van der Waals surface area contributed by atoms with Crippen LogP contribution in [0.4, 0.5) is 0 Å². The summed E-state index contributed by atoms with van der Waals surface area (Å²) < 4.78 is 0. The van der Waals surface area contributed by atoms with Crippen molar-refractivity contribution >= 4 is 11.3 Å². The molecule has 44 valence electrons. The van der Waals surface area contributed by atoms with E-state index >= 15 is 0 Å². The zero-order chi connectivity index (χ0) is 5.98. The Morgan fingerprint density at radius 1 is 1.75 bits per heavy atom. The minimum atomic E-state index is 1.07. The lowest BCUT2D eigenvalue weighted by molar-refractivity contribution is 1.07. The van der Waals surface area contributed by atoms with Crippen molar-refractivity contribution in [1.82, 2.24) is 4.98 Å². The predicted molar refractivity (Wildman–Crippen MR) is 36.2 cm³/mol. The Kier molecular flexibility index (Phi) is 1.63. The average Bonchev–Trinajstić information content (AvgIpc) is 2.14. The molecule has 0 aromatic carbocycles. The minimum absolute atomic E-state index is 1.07. The van der Waals surface area contributed by atoms with Crippen molar-refractivity contribution in [2.75, 3.05) is 0 Å². The fourth-order valence-electron chi connectivity index (χ4n) is 0.565. The molecule has 0 aliphatic carbocycles. The molecule has 0 N–H and O–H groups in total. The first-order chi connectivity index (χ1) is 3.83. The van der Waals surface area contributed by atoms with Crippen LogP contribution in [0.15, 0.2) is 5.38 Å². The third-order valence-electron chi connectivity index (χ3n) is 0.969. The first-order valence-corrected chi connectivity index (χ1v) is 3.62. The van der Waals surface area contributed by atoms with Gasteiger partial charge in [0.2, 0.25) is 0 Å². The predicted octanol–water partition coefficient (Wildman–Crippen LogP) is 2.01. The van der Waals surface area contributed by atoms with E-state index < -0.39 is 0 Å². The third kappa shape index (κ3) is 1.07. The number of rotatable bonds is 1. The zero-order valence-electron chi connectivity index (χ0n) is 5.14. The molecule has 0 amide bonds. The molecule has 0 unspecified atom stereocenters. The van der Waals surface area contributed by atoms with Gasteiger partial charge in [0, 0.05) is 11.1 Å². The Morgan fingerprint density at radius 3 is 2.75 bits per heavy atom. The van der Waals surface area contributed by atoms with Gasteiger partial charge in [-0.05, 0) is 13.3 Å². The molecule has 0 atom stereocenters. The van der Waals surface area contributed by atoms with Crippen LogP contribution in [0.2, 0.25) is 0 Å². The van der Waals surface area contributed by atoms with Crippen molar-refractivity contribution in [1.29, 1.82) is 0 Å². The number of thiazole rings is 1. The second-order valence-corrected chi connectivity index (χ2v) is 2.68. The van der Waals surface area contributed by atoms with Gasteiger partial charge in [0.05, 0.1) is 5.01 Å². The Balaban J connectivity index is 2.84. The van der Waals surface area contributed by atoms with Gasteiger partial charge in [0.15, 0.2) is 0 Å². The molecule has 8 heavy (non-hydrogen) atoms. The normalized spacial score (nSPS) is 9.75. The summed E-state index contributed by atoms with van der Waals surface area (Å²) in [5.74, 6) is 0. The van der Waals surface area contributed by atoms with Crippen LogP contribution >= 0.6 is 11.3 Å². The minimum Gasteiger partial charge on any atom is -0.247 e. The summed E-state index contributed by atoms with van der Waals surface area (Å²) in [6.07, 6.45) is 1.07. The Hall–Kier alpha value is -0.370. The van der Waals surface area contributed by atoms with Gasteiger partial charge in [-0.25, -0.2) is 4.98 Å². The van der Waals surface area contributed by atoms with Gasteiger partial charge >= 0.3 is 0 Å². The summed E-state index contributed by atoms with van der Waals surface area (Å²) in [7, 11) is 0. The van der Waals surface area contributed by atoms with Gasteiger partial charge in [-0.15, -0.1) is 11.3 Å². The highest BCUT2D eigenvalue weighted by molar-refractivity contribution is 7.09. The van der Waals surface area contributed by atoms with Crippen molar-refractivity contribution in [3.05, 3.63) is 16.1 Å². The van der Waals surface area contributed by atoms with E-state index in [1.807, 2.05) is 6.92 Å². The van der Waals surface area contributed by atoms with Crippen LogP contribution in [-0.4, -0.2) is 4.98 Å². The fourth-order valence-corrected chi connectivity index (χ4v) is 1.29. The van der Waals surface area contributed by atoms with Gasteiger partial charge in [-0.3, -0.25) is 0 Å². The molecule has 1 rings (SSSR count). The van der Waals surface area contributed by atoms with Crippen molar-refractivity contribution < 1.29 is 0 Å². The van der Waals surface area contributed by atoms with Crippen LogP contribution in [0.25, 0.3) is 0 Å². The number of hydrogen-bond donors (Lipinski definition) is 0. The van der Waals surface area contributed by atoms with Gasteiger partial charge in [-0.1, -0.05) is 6.92 Å². The molecule has 0 saturated carbocycles. The lowest BCUT2D eigenvalue weighted by Gasteiger charge is -1.79. The molecule has 0 aliphatic rings. The summed E-state index contributed by atoms with van der Waals surface area (Å²) >= 11 is 1.74. The molecule has 0 spiro atoms. The second-order valence-electron chi connectivity index (χ2n) is 1.74. The summed E-state index contributed by atoms with van der Waals surface area (Å²) in [6.45, 7) is 4.15. The van der Waals surface area contributed by atoms with Gasteiger partial charge in [-0.2, -0.15) is 0 Å². The molecule has 0 saturated heterocycles. The first-order valence-electron chi connectivity index (χ1n) is 2.74. The highest BCUT2D eigenvalue weighted by Gasteiger charge is 1.91. The SMILES string of the molecule is CCc1nc(C)cs1. The van der Waals surface area contributed by atoms with E-state index in [9.17, 15) is 0 Å². The molecule has 1 nitrogen and oxygen atoms in total. The summed E-state index contributed by atoms with van der Waals surface area (Å²) in [5, 5.41) is 3.32. The molecule has 2 heteroatoms. The highest BCUT2D eigenvalue weighted by Crippen LogP contribution is 2.07. The maximum atomic E-state index is 4.25. The number of hydrogen-bond acceptors (Lipinski definition) is 2. The van der Waals surface area contributed by atoms with Crippen LogP contribution < -0.4 is 0 Å². The zero-order valence-corrected chi connectivity index (χ0v) is 5.96. The van der Waals surface area contributed by atoms with E-state index in [4.69, 9.17) is 0 Å². The summed E-state index contributed by atoms with van der Waals surface area (Å²) in [4.78, 5) is 4.25. The lowest BCUT2D eigenvalue weighted by atomic mass is 10.5. The van der Waals surface area contributed by atoms with Crippen LogP contribution in [0.5, 0.6) is 0 Å². The van der Waals surface area contributed by atoms with Crippen molar-refractivity contribution in [3.63, 3.8) is 0 Å². The number of aromatic nitrogens is 1. The number of nitrogens with zero attached hydrogens (tertiary/aromatic N) is 1. The smallest absolute Gasteiger partial charge is 0.0925 e. The lowest BCUT2D eigenvalue weighted by Crippen LogP contribution is -1.75. The molecule has 0 fully saturated rings. The summed E-state index contributed by atoms with van der Waals surface area (Å²) in [6, 6.07) is 0. The second kappa shape index (κ2) is 2.27. The molecular weight excluding hydrogens is 118 g/mol. The van der Waals surface area contributed by atoms with E-state index in [1.165, 1.54) is 5.01 Å². The topological polar surface area (TPSA) is 12.9 Å². The molecule has 0 radical (unpaired) electrons.